The predicted octanol–water partition coefficient (Wildman–Crippen LogP) is 1.36. The van der Waals surface area contributed by atoms with Crippen molar-refractivity contribution in [2.24, 2.45) is 5.41 Å². The highest BCUT2D eigenvalue weighted by Gasteiger charge is 2.32. The number of ether oxygens (including phenoxy) is 1. The molecule has 0 aromatic rings. The van der Waals surface area contributed by atoms with Gasteiger partial charge in [0, 0.05) is 0 Å². The van der Waals surface area contributed by atoms with Crippen molar-refractivity contribution >= 4 is 17.9 Å². The molecule has 1 N–H and O–H groups in total. The third-order valence-corrected chi connectivity index (χ3v) is 2.56. The molecule has 0 spiro atoms. The Bertz CT molecular complexity index is 265. The summed E-state index contributed by atoms with van der Waals surface area (Å²) in [7, 11) is 0. The zero-order valence-electron chi connectivity index (χ0n) is 9.20. The molecule has 0 saturated heterocycles. The number of rotatable bonds is 5. The SMILES string of the molecule is CCC(C)(CC)C(=O)OC(=O)CC(=O)O. The monoisotopic (exact) mass is 216 g/mol. The van der Waals surface area contributed by atoms with Crippen LogP contribution < -0.4 is 0 Å². The summed E-state index contributed by atoms with van der Waals surface area (Å²) < 4.78 is 4.45. The molecule has 0 aromatic carbocycles. The fourth-order valence-electron chi connectivity index (χ4n) is 0.925. The topological polar surface area (TPSA) is 80.7 Å². The van der Waals surface area contributed by atoms with Gasteiger partial charge in [-0.05, 0) is 19.8 Å². The molecule has 0 atom stereocenters. The van der Waals surface area contributed by atoms with Crippen LogP contribution in [0.15, 0.2) is 0 Å². The molecule has 0 bridgehead atoms. The lowest BCUT2D eigenvalue weighted by Gasteiger charge is -2.22. The van der Waals surface area contributed by atoms with Crippen LogP contribution in [0.1, 0.15) is 40.0 Å². The van der Waals surface area contributed by atoms with Crippen LogP contribution in [0, 0.1) is 5.41 Å². The smallest absolute Gasteiger partial charge is 0.324 e. The molecule has 15 heavy (non-hydrogen) atoms. The largest absolute Gasteiger partial charge is 0.481 e. The first-order chi connectivity index (χ1) is 6.85. The van der Waals surface area contributed by atoms with Gasteiger partial charge < -0.3 is 9.84 Å². The van der Waals surface area contributed by atoms with Crippen LogP contribution in [0.5, 0.6) is 0 Å². The molecule has 0 unspecified atom stereocenters. The molecule has 0 saturated carbocycles. The van der Waals surface area contributed by atoms with E-state index in [1.807, 2.05) is 13.8 Å². The number of carboxylic acid groups (broad SMARTS) is 1. The summed E-state index contributed by atoms with van der Waals surface area (Å²) in [5.41, 5.74) is -0.714. The van der Waals surface area contributed by atoms with E-state index in [0.717, 1.165) is 0 Å². The van der Waals surface area contributed by atoms with E-state index in [2.05, 4.69) is 4.74 Å². The Morgan fingerprint density at radius 2 is 1.67 bits per heavy atom. The highest BCUT2D eigenvalue weighted by atomic mass is 16.6. The molecular formula is C10H16O5. The minimum atomic E-state index is -1.30. The highest BCUT2D eigenvalue weighted by molar-refractivity contribution is 5.96. The van der Waals surface area contributed by atoms with Gasteiger partial charge in [0.05, 0.1) is 5.41 Å². The van der Waals surface area contributed by atoms with Crippen LogP contribution in [0.3, 0.4) is 0 Å². The first-order valence-electron chi connectivity index (χ1n) is 4.82. The lowest BCUT2D eigenvalue weighted by Crippen LogP contribution is -2.31. The van der Waals surface area contributed by atoms with Crippen molar-refractivity contribution in [2.75, 3.05) is 0 Å². The van der Waals surface area contributed by atoms with Gasteiger partial charge in [-0.2, -0.15) is 0 Å². The average Bonchev–Trinajstić information content (AvgIpc) is 2.15. The molecule has 0 aliphatic rings. The van der Waals surface area contributed by atoms with Gasteiger partial charge >= 0.3 is 17.9 Å². The van der Waals surface area contributed by atoms with Crippen LogP contribution >= 0.6 is 0 Å². The molecule has 5 heteroatoms. The third kappa shape index (κ3) is 4.10. The first kappa shape index (κ1) is 13.6. The van der Waals surface area contributed by atoms with Crippen LogP contribution in [0.4, 0.5) is 0 Å². The first-order valence-corrected chi connectivity index (χ1v) is 4.82. The summed E-state index contributed by atoms with van der Waals surface area (Å²) in [6, 6.07) is 0. The van der Waals surface area contributed by atoms with Crippen molar-refractivity contribution in [1.29, 1.82) is 0 Å². The minimum Gasteiger partial charge on any atom is -0.481 e. The van der Waals surface area contributed by atoms with E-state index >= 15 is 0 Å². The van der Waals surface area contributed by atoms with Crippen LogP contribution in [0.25, 0.3) is 0 Å². The maximum atomic E-state index is 11.5. The van der Waals surface area contributed by atoms with Crippen LogP contribution in [-0.2, 0) is 19.1 Å². The Morgan fingerprint density at radius 3 is 2.00 bits per heavy atom. The van der Waals surface area contributed by atoms with Gasteiger partial charge in [-0.15, -0.1) is 0 Å². The van der Waals surface area contributed by atoms with E-state index in [4.69, 9.17) is 5.11 Å². The molecule has 0 aliphatic carbocycles. The van der Waals surface area contributed by atoms with Crippen molar-refractivity contribution < 1.29 is 24.2 Å². The molecule has 0 amide bonds. The molecule has 0 heterocycles. The van der Waals surface area contributed by atoms with Gasteiger partial charge in [0.2, 0.25) is 0 Å². The number of carbonyl (C=O) groups excluding carboxylic acids is 2. The Morgan fingerprint density at radius 1 is 1.20 bits per heavy atom. The number of hydrogen-bond acceptors (Lipinski definition) is 4. The lowest BCUT2D eigenvalue weighted by atomic mass is 9.85. The van der Waals surface area contributed by atoms with E-state index in [1.54, 1.807) is 6.92 Å². The number of carboxylic acids is 1. The Balaban J connectivity index is 4.35. The number of hydrogen-bond donors (Lipinski definition) is 1. The number of aliphatic carboxylic acids is 1. The summed E-state index contributed by atoms with van der Waals surface area (Å²) in [5, 5.41) is 8.30. The number of carbonyl (C=O) groups is 3. The highest BCUT2D eigenvalue weighted by Crippen LogP contribution is 2.27. The molecule has 0 radical (unpaired) electrons. The van der Waals surface area contributed by atoms with Gasteiger partial charge in [-0.25, -0.2) is 0 Å². The van der Waals surface area contributed by atoms with Crippen molar-refractivity contribution in [3.8, 4) is 0 Å². The fourth-order valence-corrected chi connectivity index (χ4v) is 0.925. The summed E-state index contributed by atoms with van der Waals surface area (Å²) in [6.07, 6.45) is 0.306. The van der Waals surface area contributed by atoms with E-state index < -0.39 is 29.7 Å². The molecule has 0 rings (SSSR count). The van der Waals surface area contributed by atoms with Gasteiger partial charge in [-0.1, -0.05) is 13.8 Å². The van der Waals surface area contributed by atoms with Gasteiger partial charge in [0.15, 0.2) is 0 Å². The van der Waals surface area contributed by atoms with Crippen molar-refractivity contribution in [3.05, 3.63) is 0 Å². The van der Waals surface area contributed by atoms with Crippen LogP contribution in [-0.4, -0.2) is 23.0 Å². The molecule has 0 fully saturated rings. The maximum absolute atomic E-state index is 11.5. The standard InChI is InChI=1S/C10H16O5/c1-4-10(3,5-2)9(14)15-8(13)6-7(11)12/h4-6H2,1-3H3,(H,11,12). The molecule has 0 aliphatic heterocycles. The minimum absolute atomic E-state index is 0.544. The van der Waals surface area contributed by atoms with E-state index in [-0.39, 0.29) is 0 Å². The van der Waals surface area contributed by atoms with E-state index in [9.17, 15) is 14.4 Å². The second-order valence-corrected chi connectivity index (χ2v) is 3.60. The molecule has 5 nitrogen and oxygen atoms in total. The summed E-state index contributed by atoms with van der Waals surface area (Å²) in [6.45, 7) is 5.31. The van der Waals surface area contributed by atoms with Crippen molar-refractivity contribution in [3.63, 3.8) is 0 Å². The zero-order valence-corrected chi connectivity index (χ0v) is 9.20. The second kappa shape index (κ2) is 5.48. The van der Waals surface area contributed by atoms with E-state index in [0.29, 0.717) is 12.8 Å². The third-order valence-electron chi connectivity index (χ3n) is 2.56. The molecule has 0 aromatic heterocycles. The van der Waals surface area contributed by atoms with Crippen molar-refractivity contribution in [2.45, 2.75) is 40.0 Å². The Kier molecular flexibility index (Phi) is 4.97. The maximum Gasteiger partial charge on any atom is 0.324 e. The Hall–Kier alpha value is -1.39. The van der Waals surface area contributed by atoms with Crippen molar-refractivity contribution in [1.82, 2.24) is 0 Å². The number of esters is 2. The summed E-state index contributed by atoms with van der Waals surface area (Å²) in [5.74, 6) is -2.97. The zero-order chi connectivity index (χ0) is 12.1. The van der Waals surface area contributed by atoms with Gasteiger partial charge in [0.25, 0.3) is 0 Å². The fraction of sp³-hybridized carbons (Fsp3) is 0.700. The average molecular weight is 216 g/mol. The molecule has 86 valence electrons. The van der Waals surface area contributed by atoms with Gasteiger partial charge in [0.1, 0.15) is 6.42 Å². The van der Waals surface area contributed by atoms with Crippen LogP contribution in [0.2, 0.25) is 0 Å². The normalized spacial score (nSPS) is 10.9. The predicted molar refractivity (Wildman–Crippen MR) is 52.0 cm³/mol. The Labute approximate surface area is 88.4 Å². The summed E-state index contributed by atoms with van der Waals surface area (Å²) in [4.78, 5) is 32.6. The van der Waals surface area contributed by atoms with Gasteiger partial charge in [-0.3, -0.25) is 14.4 Å². The van der Waals surface area contributed by atoms with E-state index in [1.165, 1.54) is 0 Å². The molecular weight excluding hydrogens is 200 g/mol. The lowest BCUT2D eigenvalue weighted by molar-refractivity contribution is -0.168. The second-order valence-electron chi connectivity index (χ2n) is 3.60. The summed E-state index contributed by atoms with van der Waals surface area (Å²) >= 11 is 0. The quantitative estimate of drug-likeness (QED) is 0.554.